The Hall–Kier alpha value is -2.24. The van der Waals surface area contributed by atoms with Crippen LogP contribution in [0.1, 0.15) is 57.1 Å². The van der Waals surface area contributed by atoms with Gasteiger partial charge in [-0.05, 0) is 63.1 Å². The van der Waals surface area contributed by atoms with Crippen LogP contribution in [0.4, 0.5) is 16.2 Å². The summed E-state index contributed by atoms with van der Waals surface area (Å²) in [5.41, 5.74) is 9.84. The van der Waals surface area contributed by atoms with Gasteiger partial charge in [0.25, 0.3) is 0 Å². The second-order valence-electron chi connectivity index (χ2n) is 8.30. The van der Waals surface area contributed by atoms with E-state index >= 15 is 0 Å². The van der Waals surface area contributed by atoms with Crippen LogP contribution in [-0.4, -0.2) is 42.6 Å². The molecule has 0 radical (unpaired) electrons. The number of amides is 2. The van der Waals surface area contributed by atoms with E-state index in [1.54, 1.807) is 16.8 Å². The lowest BCUT2D eigenvalue weighted by atomic mass is 9.86. The summed E-state index contributed by atoms with van der Waals surface area (Å²) in [6, 6.07) is 4.10. The molecular weight excluding hydrogens is 330 g/mol. The number of nitrogens with zero attached hydrogens (tertiary/aromatic N) is 2. The Morgan fingerprint density at radius 3 is 2.46 bits per heavy atom. The molecular formula is C20H29N3O3. The average Bonchev–Trinajstić information content (AvgIpc) is 2.57. The summed E-state index contributed by atoms with van der Waals surface area (Å²) >= 11 is 0. The van der Waals surface area contributed by atoms with Gasteiger partial charge in [0.15, 0.2) is 0 Å². The number of hydrogen-bond acceptors (Lipinski definition) is 4. The number of carbonyl (C=O) groups is 2. The van der Waals surface area contributed by atoms with Crippen LogP contribution >= 0.6 is 0 Å². The summed E-state index contributed by atoms with van der Waals surface area (Å²) in [5.74, 6) is 0.470. The van der Waals surface area contributed by atoms with Gasteiger partial charge in [-0.15, -0.1) is 0 Å². The summed E-state index contributed by atoms with van der Waals surface area (Å²) in [7, 11) is 1.80. The van der Waals surface area contributed by atoms with Crippen LogP contribution in [0.3, 0.4) is 0 Å². The van der Waals surface area contributed by atoms with E-state index in [0.29, 0.717) is 25.4 Å². The summed E-state index contributed by atoms with van der Waals surface area (Å²) in [5, 5.41) is 0. The summed E-state index contributed by atoms with van der Waals surface area (Å²) in [4.78, 5) is 27.6. The van der Waals surface area contributed by atoms with Gasteiger partial charge < -0.3 is 20.3 Å². The van der Waals surface area contributed by atoms with Crippen LogP contribution in [-0.2, 0) is 16.0 Å². The van der Waals surface area contributed by atoms with E-state index in [1.165, 1.54) is 5.56 Å². The van der Waals surface area contributed by atoms with Crippen molar-refractivity contribution in [2.45, 2.75) is 58.0 Å². The first-order valence-corrected chi connectivity index (χ1v) is 9.32. The van der Waals surface area contributed by atoms with Crippen LogP contribution in [0.5, 0.6) is 0 Å². The smallest absolute Gasteiger partial charge is 0.410 e. The Labute approximate surface area is 155 Å². The zero-order chi connectivity index (χ0) is 19.1. The zero-order valence-corrected chi connectivity index (χ0v) is 16.2. The highest BCUT2D eigenvalue weighted by Gasteiger charge is 2.29. The van der Waals surface area contributed by atoms with Gasteiger partial charge in [0.2, 0.25) is 5.91 Å². The molecule has 0 spiro atoms. The molecule has 6 nitrogen and oxygen atoms in total. The van der Waals surface area contributed by atoms with Crippen molar-refractivity contribution < 1.29 is 14.3 Å². The quantitative estimate of drug-likeness (QED) is 0.781. The Morgan fingerprint density at radius 1 is 1.19 bits per heavy atom. The number of fused-ring (bicyclic) bond motifs is 1. The molecule has 0 unspecified atom stereocenters. The highest BCUT2D eigenvalue weighted by molar-refractivity contribution is 5.96. The molecule has 0 aliphatic carbocycles. The fourth-order valence-electron chi connectivity index (χ4n) is 3.78. The van der Waals surface area contributed by atoms with Gasteiger partial charge in [-0.25, -0.2) is 4.79 Å². The van der Waals surface area contributed by atoms with E-state index in [1.807, 2.05) is 26.8 Å². The predicted octanol–water partition coefficient (Wildman–Crippen LogP) is 3.29. The maximum atomic E-state index is 12.2. The van der Waals surface area contributed by atoms with Crippen LogP contribution in [0.2, 0.25) is 0 Å². The number of hydrogen-bond donors (Lipinski definition) is 1. The minimum Gasteiger partial charge on any atom is -0.444 e. The molecule has 1 aromatic rings. The van der Waals surface area contributed by atoms with E-state index in [0.717, 1.165) is 36.2 Å². The highest BCUT2D eigenvalue weighted by Crippen LogP contribution is 2.38. The highest BCUT2D eigenvalue weighted by atomic mass is 16.6. The molecule has 2 N–H and O–H groups in total. The van der Waals surface area contributed by atoms with Crippen LogP contribution in [0, 0.1) is 0 Å². The molecule has 142 valence electrons. The Balaban J connectivity index is 1.70. The van der Waals surface area contributed by atoms with Crippen molar-refractivity contribution in [3.63, 3.8) is 0 Å². The number of aryl methyl sites for hydroxylation is 1. The minimum absolute atomic E-state index is 0.135. The molecule has 1 aromatic carbocycles. The van der Waals surface area contributed by atoms with Gasteiger partial charge in [0.1, 0.15) is 5.60 Å². The zero-order valence-electron chi connectivity index (χ0n) is 16.2. The van der Waals surface area contributed by atoms with Gasteiger partial charge in [-0.2, -0.15) is 0 Å². The first-order valence-electron chi connectivity index (χ1n) is 9.32. The Morgan fingerprint density at radius 2 is 1.85 bits per heavy atom. The number of piperidine rings is 1. The second-order valence-corrected chi connectivity index (χ2v) is 8.30. The number of nitrogens with two attached hydrogens (primary N) is 1. The Bertz CT molecular complexity index is 716. The minimum atomic E-state index is -0.472. The van der Waals surface area contributed by atoms with Crippen LogP contribution in [0.25, 0.3) is 0 Å². The fraction of sp³-hybridized carbons (Fsp3) is 0.600. The van der Waals surface area contributed by atoms with E-state index in [2.05, 4.69) is 6.07 Å². The molecule has 2 amide bonds. The van der Waals surface area contributed by atoms with Crippen molar-refractivity contribution in [3.8, 4) is 0 Å². The number of benzene rings is 1. The molecule has 6 heteroatoms. The molecule has 0 bridgehead atoms. The lowest BCUT2D eigenvalue weighted by molar-refractivity contribution is -0.118. The molecule has 2 heterocycles. The van der Waals surface area contributed by atoms with Crippen molar-refractivity contribution in [1.82, 2.24) is 4.90 Å². The third kappa shape index (κ3) is 3.79. The summed E-state index contributed by atoms with van der Waals surface area (Å²) in [6.45, 7) is 7.00. The lowest BCUT2D eigenvalue weighted by Crippen LogP contribution is -2.41. The average molecular weight is 359 g/mol. The Kier molecular flexibility index (Phi) is 4.86. The van der Waals surface area contributed by atoms with Crippen LogP contribution < -0.4 is 10.6 Å². The summed E-state index contributed by atoms with van der Waals surface area (Å²) in [6.07, 6.45) is 2.81. The van der Waals surface area contributed by atoms with E-state index in [-0.39, 0.29) is 12.0 Å². The second kappa shape index (κ2) is 6.82. The van der Waals surface area contributed by atoms with Crippen molar-refractivity contribution in [2.24, 2.45) is 0 Å². The number of ether oxygens (including phenoxy) is 1. The molecule has 2 aliphatic rings. The van der Waals surface area contributed by atoms with Crippen LogP contribution in [0.15, 0.2) is 12.1 Å². The first kappa shape index (κ1) is 18.5. The molecule has 0 aromatic heterocycles. The largest absolute Gasteiger partial charge is 0.444 e. The number of nitrogen functional groups attached to an aromatic ring is 1. The maximum Gasteiger partial charge on any atom is 0.410 e. The number of rotatable bonds is 1. The molecule has 26 heavy (non-hydrogen) atoms. The topological polar surface area (TPSA) is 75.9 Å². The standard InChI is InChI=1S/C20H29N3O3/c1-20(2,3)26-19(25)23-9-7-13(8-10-23)15-11-14-5-6-18(24)22(4)17(14)12-16(15)21/h11-13H,5-10,21H2,1-4H3. The van der Waals surface area contributed by atoms with Crippen molar-refractivity contribution >= 4 is 23.4 Å². The molecule has 1 fully saturated rings. The summed E-state index contributed by atoms with van der Waals surface area (Å²) < 4.78 is 5.46. The van der Waals surface area contributed by atoms with Gasteiger partial charge in [-0.1, -0.05) is 6.07 Å². The molecule has 0 atom stereocenters. The predicted molar refractivity (Wildman–Crippen MR) is 102 cm³/mol. The molecule has 1 saturated heterocycles. The third-order valence-electron chi connectivity index (χ3n) is 5.21. The van der Waals surface area contributed by atoms with Gasteiger partial charge in [0, 0.05) is 37.9 Å². The van der Waals surface area contributed by atoms with E-state index < -0.39 is 5.60 Å². The third-order valence-corrected chi connectivity index (χ3v) is 5.21. The van der Waals surface area contributed by atoms with Gasteiger partial charge >= 0.3 is 6.09 Å². The number of likely N-dealkylation sites (tertiary alicyclic amines) is 1. The van der Waals surface area contributed by atoms with Crippen molar-refractivity contribution in [3.05, 3.63) is 23.3 Å². The number of anilines is 2. The SMILES string of the molecule is CN1C(=O)CCc2cc(C3CCN(C(=O)OC(C)(C)C)CC3)c(N)cc21. The monoisotopic (exact) mass is 359 g/mol. The lowest BCUT2D eigenvalue weighted by Gasteiger charge is -2.35. The van der Waals surface area contributed by atoms with E-state index in [9.17, 15) is 9.59 Å². The van der Waals surface area contributed by atoms with E-state index in [4.69, 9.17) is 10.5 Å². The molecule has 0 saturated carbocycles. The van der Waals surface area contributed by atoms with Crippen molar-refractivity contribution in [1.29, 1.82) is 0 Å². The van der Waals surface area contributed by atoms with Gasteiger partial charge in [0.05, 0.1) is 0 Å². The van der Waals surface area contributed by atoms with Gasteiger partial charge in [-0.3, -0.25) is 4.79 Å². The number of carbonyl (C=O) groups excluding carboxylic acids is 2. The maximum absolute atomic E-state index is 12.2. The first-order chi connectivity index (χ1) is 12.2. The van der Waals surface area contributed by atoms with Crippen molar-refractivity contribution in [2.75, 3.05) is 30.8 Å². The fourth-order valence-corrected chi connectivity index (χ4v) is 3.78. The molecule has 3 rings (SSSR count). The normalized spacial score (nSPS) is 18.7. The molecule has 2 aliphatic heterocycles.